The number of nitrogens with one attached hydrogen (secondary N) is 1. The average Bonchev–Trinajstić information content (AvgIpc) is 2.78. The Hall–Kier alpha value is -3.10. The van der Waals surface area contributed by atoms with Crippen molar-refractivity contribution in [2.75, 3.05) is 18.0 Å². The van der Waals surface area contributed by atoms with Crippen molar-refractivity contribution in [1.82, 2.24) is 5.32 Å². The number of sulfonamides is 1. The second-order valence-electron chi connectivity index (χ2n) is 7.48. The fraction of sp³-hybridized carbons (Fsp3) is 0.208. The summed E-state index contributed by atoms with van der Waals surface area (Å²) in [6, 6.07) is 16.2. The van der Waals surface area contributed by atoms with Gasteiger partial charge in [-0.15, -0.1) is 0 Å². The van der Waals surface area contributed by atoms with Gasteiger partial charge < -0.3 is 10.1 Å². The topological polar surface area (TPSA) is 75.7 Å². The van der Waals surface area contributed by atoms with Gasteiger partial charge in [0.25, 0.3) is 10.0 Å². The van der Waals surface area contributed by atoms with E-state index in [2.05, 4.69) is 5.32 Å². The second kappa shape index (κ2) is 10.2. The zero-order chi connectivity index (χ0) is 24.2. The molecule has 0 aromatic heterocycles. The standard InChI is InChI=1S/C24H24ClFN2O4S/c1-16-4-13-22(32-3)23(14-16)33(30,31)28(21-11-7-19(25)8-12-21)15-24(29)27-17(2)18-5-9-20(26)10-6-18/h4-14,17H,15H2,1-3H3,(H,27,29)/t17-/m0/s1. The number of anilines is 1. The van der Waals surface area contributed by atoms with Gasteiger partial charge in [-0.1, -0.05) is 29.8 Å². The Bertz CT molecular complexity index is 1230. The first-order valence-corrected chi connectivity index (χ1v) is 11.9. The van der Waals surface area contributed by atoms with Gasteiger partial charge in [0.15, 0.2) is 0 Å². The predicted octanol–water partition coefficient (Wildman–Crippen LogP) is 4.87. The molecule has 3 rings (SSSR count). The molecule has 33 heavy (non-hydrogen) atoms. The van der Waals surface area contributed by atoms with E-state index in [-0.39, 0.29) is 22.1 Å². The molecule has 0 saturated heterocycles. The number of hydrogen-bond donors (Lipinski definition) is 1. The molecule has 1 N–H and O–H groups in total. The van der Waals surface area contributed by atoms with Crippen LogP contribution in [-0.4, -0.2) is 28.0 Å². The molecule has 1 amide bonds. The van der Waals surface area contributed by atoms with E-state index >= 15 is 0 Å². The highest BCUT2D eigenvalue weighted by Gasteiger charge is 2.30. The van der Waals surface area contributed by atoms with Crippen molar-refractivity contribution in [2.45, 2.75) is 24.8 Å². The molecule has 0 bridgehead atoms. The lowest BCUT2D eigenvalue weighted by molar-refractivity contribution is -0.120. The van der Waals surface area contributed by atoms with E-state index in [0.29, 0.717) is 10.6 Å². The van der Waals surface area contributed by atoms with Crippen molar-refractivity contribution in [3.8, 4) is 5.75 Å². The summed E-state index contributed by atoms with van der Waals surface area (Å²) in [6.45, 7) is 3.02. The number of halogens is 2. The Balaban J connectivity index is 1.95. The summed E-state index contributed by atoms with van der Waals surface area (Å²) in [5.41, 5.74) is 1.68. The molecule has 0 saturated carbocycles. The number of amides is 1. The molecule has 0 aliphatic carbocycles. The zero-order valence-electron chi connectivity index (χ0n) is 18.4. The van der Waals surface area contributed by atoms with Crippen LogP contribution in [0.15, 0.2) is 71.6 Å². The van der Waals surface area contributed by atoms with Crippen molar-refractivity contribution in [3.05, 3.63) is 88.7 Å². The molecule has 3 aromatic carbocycles. The van der Waals surface area contributed by atoms with Crippen LogP contribution in [0.25, 0.3) is 0 Å². The van der Waals surface area contributed by atoms with Gasteiger partial charge in [0.1, 0.15) is 23.0 Å². The minimum absolute atomic E-state index is 0.0562. The maximum atomic E-state index is 13.7. The minimum Gasteiger partial charge on any atom is -0.495 e. The van der Waals surface area contributed by atoms with Crippen molar-refractivity contribution >= 4 is 33.2 Å². The Morgan fingerprint density at radius 1 is 1.09 bits per heavy atom. The van der Waals surface area contributed by atoms with E-state index in [1.165, 1.54) is 37.4 Å². The van der Waals surface area contributed by atoms with Crippen molar-refractivity contribution in [1.29, 1.82) is 0 Å². The van der Waals surface area contributed by atoms with Crippen LogP contribution in [0.1, 0.15) is 24.1 Å². The Morgan fingerprint density at radius 3 is 2.33 bits per heavy atom. The van der Waals surface area contributed by atoms with Crippen LogP contribution in [0.5, 0.6) is 5.75 Å². The average molecular weight is 491 g/mol. The molecule has 0 radical (unpaired) electrons. The second-order valence-corrected chi connectivity index (χ2v) is 9.75. The van der Waals surface area contributed by atoms with Gasteiger partial charge in [-0.3, -0.25) is 9.10 Å². The first kappa shape index (κ1) is 24.5. The summed E-state index contributed by atoms with van der Waals surface area (Å²) in [5.74, 6) is -0.749. The highest BCUT2D eigenvalue weighted by Crippen LogP contribution is 2.31. The molecule has 0 unspecified atom stereocenters. The lowest BCUT2D eigenvalue weighted by Crippen LogP contribution is -2.41. The highest BCUT2D eigenvalue weighted by molar-refractivity contribution is 7.93. The highest BCUT2D eigenvalue weighted by atomic mass is 35.5. The van der Waals surface area contributed by atoms with E-state index in [9.17, 15) is 17.6 Å². The molecule has 9 heteroatoms. The van der Waals surface area contributed by atoms with Crippen LogP contribution in [0, 0.1) is 12.7 Å². The molecule has 6 nitrogen and oxygen atoms in total. The number of aryl methyl sites for hydroxylation is 1. The van der Waals surface area contributed by atoms with Gasteiger partial charge in [-0.2, -0.15) is 0 Å². The largest absolute Gasteiger partial charge is 0.495 e. The minimum atomic E-state index is -4.18. The van der Waals surface area contributed by atoms with Crippen LogP contribution in [0.3, 0.4) is 0 Å². The van der Waals surface area contributed by atoms with E-state index in [1.54, 1.807) is 50.2 Å². The fourth-order valence-corrected chi connectivity index (χ4v) is 5.07. The molecule has 174 valence electrons. The summed E-state index contributed by atoms with van der Waals surface area (Å²) in [6.07, 6.45) is 0. The molecule has 1 atom stereocenters. The molecule has 0 spiro atoms. The number of ether oxygens (including phenoxy) is 1. The van der Waals surface area contributed by atoms with Crippen molar-refractivity contribution in [2.24, 2.45) is 0 Å². The number of carbonyl (C=O) groups is 1. The maximum Gasteiger partial charge on any atom is 0.268 e. The summed E-state index contributed by atoms with van der Waals surface area (Å²) in [5, 5.41) is 3.20. The van der Waals surface area contributed by atoms with E-state index < -0.39 is 28.5 Å². The van der Waals surface area contributed by atoms with Crippen molar-refractivity contribution < 1.29 is 22.3 Å². The van der Waals surface area contributed by atoms with Crippen LogP contribution in [0.2, 0.25) is 5.02 Å². The third-order valence-electron chi connectivity index (χ3n) is 5.04. The fourth-order valence-electron chi connectivity index (χ4n) is 3.28. The quantitative estimate of drug-likeness (QED) is 0.489. The van der Waals surface area contributed by atoms with Crippen LogP contribution in [-0.2, 0) is 14.8 Å². The van der Waals surface area contributed by atoms with Gasteiger partial charge in [0, 0.05) is 5.02 Å². The Kier molecular flexibility index (Phi) is 7.61. The van der Waals surface area contributed by atoms with Gasteiger partial charge in [-0.05, 0) is 73.5 Å². The molecular formula is C24H24ClFN2O4S. The molecule has 0 aliphatic rings. The Morgan fingerprint density at radius 2 is 1.73 bits per heavy atom. The zero-order valence-corrected chi connectivity index (χ0v) is 20.0. The van der Waals surface area contributed by atoms with Gasteiger partial charge in [0.2, 0.25) is 5.91 Å². The number of benzene rings is 3. The van der Waals surface area contributed by atoms with Gasteiger partial charge in [0.05, 0.1) is 18.8 Å². The Labute approximate surface area is 198 Å². The number of hydrogen-bond acceptors (Lipinski definition) is 4. The van der Waals surface area contributed by atoms with Crippen LogP contribution in [0.4, 0.5) is 10.1 Å². The predicted molar refractivity (Wildman–Crippen MR) is 127 cm³/mol. The number of carbonyl (C=O) groups excluding carboxylic acids is 1. The normalized spacial score (nSPS) is 12.2. The number of methoxy groups -OCH3 is 1. The first-order valence-electron chi connectivity index (χ1n) is 10.1. The molecule has 3 aromatic rings. The summed E-state index contributed by atoms with van der Waals surface area (Å²) >= 11 is 5.98. The van der Waals surface area contributed by atoms with E-state index in [0.717, 1.165) is 9.87 Å². The third kappa shape index (κ3) is 5.83. The first-order chi connectivity index (χ1) is 15.6. The molecule has 0 aliphatic heterocycles. The van der Waals surface area contributed by atoms with Gasteiger partial charge in [-0.25, -0.2) is 12.8 Å². The van der Waals surface area contributed by atoms with E-state index in [4.69, 9.17) is 16.3 Å². The van der Waals surface area contributed by atoms with Gasteiger partial charge >= 0.3 is 0 Å². The van der Waals surface area contributed by atoms with Crippen molar-refractivity contribution in [3.63, 3.8) is 0 Å². The maximum absolute atomic E-state index is 13.7. The number of rotatable bonds is 8. The SMILES string of the molecule is COc1ccc(C)cc1S(=O)(=O)N(CC(=O)N[C@@H](C)c1ccc(F)cc1)c1ccc(Cl)cc1. The molecule has 0 fully saturated rings. The monoisotopic (exact) mass is 490 g/mol. The summed E-state index contributed by atoms with van der Waals surface area (Å²) in [7, 11) is -2.80. The van der Waals surface area contributed by atoms with E-state index in [1.807, 2.05) is 0 Å². The molecular weight excluding hydrogens is 467 g/mol. The lowest BCUT2D eigenvalue weighted by atomic mass is 10.1. The summed E-state index contributed by atoms with van der Waals surface area (Å²) in [4.78, 5) is 12.8. The molecule has 0 heterocycles. The van der Waals surface area contributed by atoms with Crippen LogP contribution >= 0.6 is 11.6 Å². The smallest absolute Gasteiger partial charge is 0.268 e. The summed E-state index contributed by atoms with van der Waals surface area (Å²) < 4.78 is 46.8. The van der Waals surface area contributed by atoms with Crippen LogP contribution < -0.4 is 14.4 Å². The lowest BCUT2D eigenvalue weighted by Gasteiger charge is -2.26. The third-order valence-corrected chi connectivity index (χ3v) is 7.08. The number of nitrogens with zero attached hydrogens (tertiary/aromatic N) is 1.